The summed E-state index contributed by atoms with van der Waals surface area (Å²) in [5, 5.41) is 12.6. The average molecular weight is 296 g/mol. The maximum Gasteiger partial charge on any atom is 0.401 e. The van der Waals surface area contributed by atoms with Crippen LogP contribution >= 0.6 is 0 Å². The SMILES string of the molecule is CCN(CC(F)(F)F)CC(NC(C)C)(C(=O)O)C1CC1. The molecular weight excluding hydrogens is 273 g/mol. The molecule has 0 aromatic heterocycles. The highest BCUT2D eigenvalue weighted by Gasteiger charge is 2.52. The van der Waals surface area contributed by atoms with Crippen molar-refractivity contribution in [2.75, 3.05) is 19.6 Å². The molecule has 0 saturated heterocycles. The van der Waals surface area contributed by atoms with Crippen molar-refractivity contribution in [1.82, 2.24) is 10.2 Å². The number of aliphatic carboxylic acids is 1. The summed E-state index contributed by atoms with van der Waals surface area (Å²) in [5.74, 6) is -1.15. The van der Waals surface area contributed by atoms with Crippen LogP contribution in [0.5, 0.6) is 0 Å². The van der Waals surface area contributed by atoms with Crippen LogP contribution in [0.15, 0.2) is 0 Å². The van der Waals surface area contributed by atoms with Crippen molar-refractivity contribution in [1.29, 1.82) is 0 Å². The number of carbonyl (C=O) groups is 1. The third-order valence-electron chi connectivity index (χ3n) is 3.53. The Hall–Kier alpha value is -0.820. The minimum atomic E-state index is -4.32. The van der Waals surface area contributed by atoms with Crippen molar-refractivity contribution >= 4 is 5.97 Å². The van der Waals surface area contributed by atoms with E-state index < -0.39 is 24.2 Å². The predicted octanol–water partition coefficient (Wildman–Crippen LogP) is 2.10. The molecule has 1 saturated carbocycles. The van der Waals surface area contributed by atoms with Crippen molar-refractivity contribution < 1.29 is 23.1 Å². The van der Waals surface area contributed by atoms with Gasteiger partial charge >= 0.3 is 12.1 Å². The number of carboxylic acid groups (broad SMARTS) is 1. The highest BCUT2D eigenvalue weighted by molar-refractivity contribution is 5.80. The van der Waals surface area contributed by atoms with Crippen LogP contribution in [-0.4, -0.2) is 53.4 Å². The first-order valence-electron chi connectivity index (χ1n) is 6.91. The Morgan fingerprint density at radius 1 is 1.35 bits per heavy atom. The summed E-state index contributed by atoms with van der Waals surface area (Å²) in [5.41, 5.74) is -1.28. The second kappa shape index (κ2) is 6.30. The minimum absolute atomic E-state index is 0.0929. The van der Waals surface area contributed by atoms with E-state index in [2.05, 4.69) is 5.32 Å². The minimum Gasteiger partial charge on any atom is -0.480 e. The summed E-state index contributed by atoms with van der Waals surface area (Å²) in [6.07, 6.45) is -2.83. The third kappa shape index (κ3) is 4.63. The highest BCUT2D eigenvalue weighted by Crippen LogP contribution is 2.41. The zero-order valence-corrected chi connectivity index (χ0v) is 12.1. The Balaban J connectivity index is 2.89. The van der Waals surface area contributed by atoms with Gasteiger partial charge in [0.2, 0.25) is 0 Å². The molecule has 0 spiro atoms. The Morgan fingerprint density at radius 2 is 1.90 bits per heavy atom. The molecular formula is C13H23F3N2O2. The first-order chi connectivity index (χ1) is 9.10. The summed E-state index contributed by atoms with van der Waals surface area (Å²) >= 11 is 0. The molecule has 0 aromatic rings. The van der Waals surface area contributed by atoms with E-state index in [1.54, 1.807) is 20.8 Å². The standard InChI is InChI=1S/C13H23F3N2O2/c1-4-18(8-13(14,15)16)7-12(11(19)20,10-5-6-10)17-9(2)3/h9-10,17H,4-8H2,1-3H3,(H,19,20). The van der Waals surface area contributed by atoms with Gasteiger partial charge in [-0.25, -0.2) is 0 Å². The van der Waals surface area contributed by atoms with Crippen LogP contribution in [0.3, 0.4) is 0 Å². The van der Waals surface area contributed by atoms with E-state index in [1.165, 1.54) is 0 Å². The third-order valence-corrected chi connectivity index (χ3v) is 3.53. The van der Waals surface area contributed by atoms with Crippen molar-refractivity contribution in [3.05, 3.63) is 0 Å². The molecule has 4 nitrogen and oxygen atoms in total. The van der Waals surface area contributed by atoms with Gasteiger partial charge in [-0.15, -0.1) is 0 Å². The quantitative estimate of drug-likeness (QED) is 0.720. The Bertz CT molecular complexity index is 343. The number of halogens is 3. The zero-order valence-electron chi connectivity index (χ0n) is 12.1. The average Bonchev–Trinajstić information content (AvgIpc) is 3.07. The number of hydrogen-bond donors (Lipinski definition) is 2. The summed E-state index contributed by atoms with van der Waals surface area (Å²) in [4.78, 5) is 12.8. The lowest BCUT2D eigenvalue weighted by molar-refractivity contribution is -0.157. The Kier molecular flexibility index (Phi) is 5.43. The lowest BCUT2D eigenvalue weighted by Crippen LogP contribution is -2.63. The molecule has 1 fully saturated rings. The Morgan fingerprint density at radius 3 is 2.20 bits per heavy atom. The molecule has 7 heteroatoms. The van der Waals surface area contributed by atoms with E-state index in [9.17, 15) is 23.1 Å². The van der Waals surface area contributed by atoms with E-state index >= 15 is 0 Å². The molecule has 20 heavy (non-hydrogen) atoms. The molecule has 0 bridgehead atoms. The summed E-state index contributed by atoms with van der Waals surface area (Å²) in [6.45, 7) is 4.19. The fourth-order valence-corrected chi connectivity index (χ4v) is 2.57. The lowest BCUT2D eigenvalue weighted by atomic mass is 9.91. The fourth-order valence-electron chi connectivity index (χ4n) is 2.57. The van der Waals surface area contributed by atoms with Crippen molar-refractivity contribution in [2.45, 2.75) is 51.4 Å². The number of likely N-dealkylation sites (N-methyl/N-ethyl adjacent to an activating group) is 1. The summed E-state index contributed by atoms with van der Waals surface area (Å²) in [7, 11) is 0. The number of hydrogen-bond acceptors (Lipinski definition) is 3. The number of nitrogens with zero attached hydrogens (tertiary/aromatic N) is 1. The fraction of sp³-hybridized carbons (Fsp3) is 0.923. The maximum absolute atomic E-state index is 12.5. The van der Waals surface area contributed by atoms with Crippen molar-refractivity contribution in [3.8, 4) is 0 Å². The lowest BCUT2D eigenvalue weighted by Gasteiger charge is -2.37. The van der Waals surface area contributed by atoms with E-state index in [4.69, 9.17) is 0 Å². The first-order valence-corrected chi connectivity index (χ1v) is 6.91. The van der Waals surface area contributed by atoms with Gasteiger partial charge in [-0.1, -0.05) is 6.92 Å². The number of alkyl halides is 3. The van der Waals surface area contributed by atoms with Gasteiger partial charge in [0.15, 0.2) is 0 Å². The van der Waals surface area contributed by atoms with Gasteiger partial charge in [0.1, 0.15) is 5.54 Å². The van der Waals surface area contributed by atoms with Crippen LogP contribution in [-0.2, 0) is 4.79 Å². The largest absolute Gasteiger partial charge is 0.480 e. The summed E-state index contributed by atoms with van der Waals surface area (Å²) < 4.78 is 37.6. The van der Waals surface area contributed by atoms with Crippen LogP contribution in [0.1, 0.15) is 33.6 Å². The number of carboxylic acids is 1. The van der Waals surface area contributed by atoms with Gasteiger partial charge in [0.25, 0.3) is 0 Å². The van der Waals surface area contributed by atoms with Crippen LogP contribution < -0.4 is 5.32 Å². The molecule has 1 atom stereocenters. The van der Waals surface area contributed by atoms with Gasteiger partial charge < -0.3 is 5.11 Å². The first kappa shape index (κ1) is 17.2. The second-order valence-electron chi connectivity index (χ2n) is 5.77. The van der Waals surface area contributed by atoms with Gasteiger partial charge in [-0.05, 0) is 39.2 Å². The molecule has 1 unspecified atom stereocenters. The smallest absolute Gasteiger partial charge is 0.401 e. The van der Waals surface area contributed by atoms with Gasteiger partial charge in [-0.2, -0.15) is 13.2 Å². The Labute approximate surface area is 117 Å². The topological polar surface area (TPSA) is 52.6 Å². The predicted molar refractivity (Wildman–Crippen MR) is 69.5 cm³/mol. The molecule has 2 N–H and O–H groups in total. The maximum atomic E-state index is 12.5. The van der Waals surface area contributed by atoms with Gasteiger partial charge in [0, 0.05) is 12.6 Å². The molecule has 0 aliphatic heterocycles. The molecule has 0 amide bonds. The molecule has 0 heterocycles. The molecule has 1 aliphatic carbocycles. The van der Waals surface area contributed by atoms with E-state index in [0.29, 0.717) is 0 Å². The zero-order chi connectivity index (χ0) is 15.6. The van der Waals surface area contributed by atoms with Crippen molar-refractivity contribution in [3.63, 3.8) is 0 Å². The molecule has 1 aliphatic rings. The molecule has 118 valence electrons. The molecule has 1 rings (SSSR count). The number of rotatable bonds is 8. The number of nitrogens with one attached hydrogen (secondary N) is 1. The monoisotopic (exact) mass is 296 g/mol. The highest BCUT2D eigenvalue weighted by atomic mass is 19.4. The second-order valence-corrected chi connectivity index (χ2v) is 5.77. The normalized spacial score (nSPS) is 19.4. The van der Waals surface area contributed by atoms with Gasteiger partial charge in [-0.3, -0.25) is 15.0 Å². The van der Waals surface area contributed by atoms with Crippen molar-refractivity contribution in [2.24, 2.45) is 5.92 Å². The molecule has 0 aromatic carbocycles. The van der Waals surface area contributed by atoms with Crippen LogP contribution in [0.2, 0.25) is 0 Å². The van der Waals surface area contributed by atoms with Crippen LogP contribution in [0.4, 0.5) is 13.2 Å². The van der Waals surface area contributed by atoms with Crippen LogP contribution in [0, 0.1) is 5.92 Å². The van der Waals surface area contributed by atoms with E-state index in [-0.39, 0.29) is 25.0 Å². The molecule has 0 radical (unpaired) electrons. The van der Waals surface area contributed by atoms with E-state index in [1.807, 2.05) is 0 Å². The van der Waals surface area contributed by atoms with Gasteiger partial charge in [0.05, 0.1) is 6.54 Å². The van der Waals surface area contributed by atoms with Crippen LogP contribution in [0.25, 0.3) is 0 Å². The van der Waals surface area contributed by atoms with E-state index in [0.717, 1.165) is 17.7 Å². The summed E-state index contributed by atoms with van der Waals surface area (Å²) in [6, 6.07) is -0.101.